The summed E-state index contributed by atoms with van der Waals surface area (Å²) in [5.74, 6) is 0. The van der Waals surface area contributed by atoms with Crippen molar-refractivity contribution in [2.24, 2.45) is 7.05 Å². The van der Waals surface area contributed by atoms with Gasteiger partial charge in [0.25, 0.3) is 0 Å². The van der Waals surface area contributed by atoms with Gasteiger partial charge >= 0.3 is 0 Å². The summed E-state index contributed by atoms with van der Waals surface area (Å²) in [5.41, 5.74) is 3.79. The summed E-state index contributed by atoms with van der Waals surface area (Å²) in [4.78, 5) is 4.22. The van der Waals surface area contributed by atoms with Crippen LogP contribution < -0.4 is 5.32 Å². The lowest BCUT2D eigenvalue weighted by Gasteiger charge is -2.20. The monoisotopic (exact) mass is 243 g/mol. The van der Waals surface area contributed by atoms with E-state index in [2.05, 4.69) is 53.0 Å². The van der Waals surface area contributed by atoms with E-state index in [0.29, 0.717) is 0 Å². The third-order valence-corrected chi connectivity index (χ3v) is 3.12. The first-order chi connectivity index (χ1) is 8.72. The smallest absolute Gasteiger partial charge is 0.0946 e. The molecule has 0 aliphatic rings. The number of hydrogen-bond donors (Lipinski definition) is 1. The molecule has 1 aromatic carbocycles. The third kappa shape index (κ3) is 2.79. The summed E-state index contributed by atoms with van der Waals surface area (Å²) in [7, 11) is 2.04. The van der Waals surface area contributed by atoms with Gasteiger partial charge in [0.2, 0.25) is 0 Å². The maximum absolute atomic E-state index is 4.22. The first-order valence-corrected chi connectivity index (χ1v) is 6.48. The number of aromatic nitrogens is 2. The normalized spacial score (nSPS) is 12.6. The van der Waals surface area contributed by atoms with Crippen LogP contribution in [0, 0.1) is 6.92 Å². The molecule has 0 amide bonds. The highest BCUT2D eigenvalue weighted by molar-refractivity contribution is 5.30. The number of hydrogen-bond acceptors (Lipinski definition) is 2. The van der Waals surface area contributed by atoms with E-state index in [0.717, 1.165) is 13.0 Å². The number of nitrogens with one attached hydrogen (secondary N) is 1. The minimum absolute atomic E-state index is 0.220. The van der Waals surface area contributed by atoms with Crippen LogP contribution in [0.4, 0.5) is 0 Å². The molecule has 1 unspecified atom stereocenters. The maximum Gasteiger partial charge on any atom is 0.0946 e. The summed E-state index contributed by atoms with van der Waals surface area (Å²) in [6.07, 6.45) is 4.92. The maximum atomic E-state index is 4.22. The molecule has 3 nitrogen and oxygen atoms in total. The molecule has 18 heavy (non-hydrogen) atoms. The van der Waals surface area contributed by atoms with Gasteiger partial charge in [0, 0.05) is 7.05 Å². The van der Waals surface area contributed by atoms with Crippen LogP contribution in [0.15, 0.2) is 36.8 Å². The Morgan fingerprint density at radius 1 is 1.39 bits per heavy atom. The Kier molecular flexibility index (Phi) is 4.15. The van der Waals surface area contributed by atoms with Crippen molar-refractivity contribution in [2.45, 2.75) is 26.3 Å². The zero-order chi connectivity index (χ0) is 13.0. The van der Waals surface area contributed by atoms with Crippen LogP contribution in [0.5, 0.6) is 0 Å². The Morgan fingerprint density at radius 2 is 2.22 bits per heavy atom. The molecule has 2 aromatic rings. The molecule has 0 aliphatic heterocycles. The first-order valence-electron chi connectivity index (χ1n) is 6.48. The van der Waals surface area contributed by atoms with Crippen LogP contribution >= 0.6 is 0 Å². The van der Waals surface area contributed by atoms with Gasteiger partial charge in [-0.2, -0.15) is 0 Å². The lowest BCUT2D eigenvalue weighted by molar-refractivity contribution is 0.569. The molecule has 1 heterocycles. The minimum Gasteiger partial charge on any atom is -0.336 e. The molecule has 2 rings (SSSR count). The zero-order valence-corrected chi connectivity index (χ0v) is 11.4. The van der Waals surface area contributed by atoms with Gasteiger partial charge in [-0.1, -0.05) is 36.8 Å². The second-order valence-corrected chi connectivity index (χ2v) is 4.73. The fourth-order valence-electron chi connectivity index (χ4n) is 2.18. The molecule has 0 saturated heterocycles. The second-order valence-electron chi connectivity index (χ2n) is 4.73. The van der Waals surface area contributed by atoms with Crippen molar-refractivity contribution in [1.29, 1.82) is 0 Å². The fraction of sp³-hybridized carbons (Fsp3) is 0.400. The Balaban J connectivity index is 2.33. The molecule has 3 heteroatoms. The summed E-state index contributed by atoms with van der Waals surface area (Å²) in [6, 6.07) is 8.87. The Labute approximate surface area is 109 Å². The van der Waals surface area contributed by atoms with Crippen molar-refractivity contribution in [3.05, 3.63) is 53.6 Å². The topological polar surface area (TPSA) is 29.9 Å². The average Bonchev–Trinajstić information content (AvgIpc) is 2.77. The molecule has 0 radical (unpaired) electrons. The lowest BCUT2D eigenvalue weighted by Crippen LogP contribution is -2.25. The Bertz CT molecular complexity index is 502. The molecule has 0 saturated carbocycles. The highest BCUT2D eigenvalue weighted by atomic mass is 15.1. The summed E-state index contributed by atoms with van der Waals surface area (Å²) < 4.78 is 2.08. The zero-order valence-electron chi connectivity index (χ0n) is 11.4. The van der Waals surface area contributed by atoms with Gasteiger partial charge in [0.1, 0.15) is 0 Å². The van der Waals surface area contributed by atoms with Gasteiger partial charge in [0.05, 0.1) is 24.3 Å². The highest BCUT2D eigenvalue weighted by Gasteiger charge is 2.16. The van der Waals surface area contributed by atoms with Crippen LogP contribution in [0.25, 0.3) is 0 Å². The number of aryl methyl sites for hydroxylation is 2. The number of rotatable bonds is 5. The van der Waals surface area contributed by atoms with Gasteiger partial charge in [-0.25, -0.2) is 4.98 Å². The van der Waals surface area contributed by atoms with Crippen LogP contribution in [0.2, 0.25) is 0 Å². The van der Waals surface area contributed by atoms with Crippen molar-refractivity contribution in [3.8, 4) is 0 Å². The molecule has 1 atom stereocenters. The van der Waals surface area contributed by atoms with Gasteiger partial charge < -0.3 is 9.88 Å². The van der Waals surface area contributed by atoms with Crippen molar-refractivity contribution < 1.29 is 0 Å². The number of nitrogens with zero attached hydrogens (tertiary/aromatic N) is 2. The molecule has 1 aromatic heterocycles. The van der Waals surface area contributed by atoms with Crippen molar-refractivity contribution in [2.75, 3.05) is 6.54 Å². The quantitative estimate of drug-likeness (QED) is 0.875. The molecule has 0 bridgehead atoms. The number of benzene rings is 1. The summed E-state index contributed by atoms with van der Waals surface area (Å²) >= 11 is 0. The second kappa shape index (κ2) is 5.83. The van der Waals surface area contributed by atoms with E-state index in [1.165, 1.54) is 16.8 Å². The molecular formula is C15H21N3. The average molecular weight is 243 g/mol. The molecule has 0 aliphatic carbocycles. The largest absolute Gasteiger partial charge is 0.336 e. The third-order valence-electron chi connectivity index (χ3n) is 3.12. The van der Waals surface area contributed by atoms with Crippen molar-refractivity contribution in [1.82, 2.24) is 14.9 Å². The number of imidazole rings is 1. The molecule has 1 N–H and O–H groups in total. The first kappa shape index (κ1) is 12.8. The van der Waals surface area contributed by atoms with Crippen LogP contribution in [-0.4, -0.2) is 16.1 Å². The van der Waals surface area contributed by atoms with E-state index < -0.39 is 0 Å². The molecule has 96 valence electrons. The predicted molar refractivity (Wildman–Crippen MR) is 74.5 cm³/mol. The Hall–Kier alpha value is -1.61. The molecule has 0 spiro atoms. The highest BCUT2D eigenvalue weighted by Crippen LogP contribution is 2.22. The molecular weight excluding hydrogens is 222 g/mol. The summed E-state index contributed by atoms with van der Waals surface area (Å²) in [5, 5.41) is 3.60. The summed E-state index contributed by atoms with van der Waals surface area (Å²) in [6.45, 7) is 5.32. The van der Waals surface area contributed by atoms with Gasteiger partial charge in [-0.05, 0) is 25.5 Å². The molecule has 0 fully saturated rings. The van der Waals surface area contributed by atoms with Crippen molar-refractivity contribution >= 4 is 0 Å². The van der Waals surface area contributed by atoms with Crippen LogP contribution in [0.3, 0.4) is 0 Å². The predicted octanol–water partition coefficient (Wildman–Crippen LogP) is 2.82. The lowest BCUT2D eigenvalue weighted by atomic mass is 10.0. The Morgan fingerprint density at radius 3 is 2.83 bits per heavy atom. The van der Waals surface area contributed by atoms with E-state index in [-0.39, 0.29) is 6.04 Å². The van der Waals surface area contributed by atoms with Gasteiger partial charge in [0.15, 0.2) is 0 Å². The van der Waals surface area contributed by atoms with E-state index in [4.69, 9.17) is 0 Å². The standard InChI is InChI=1S/C15H21N3/c1-4-8-17-15(14-10-16-11-18(14)3)13-7-5-6-12(2)9-13/h5-7,9-11,15,17H,4,8H2,1-3H3. The SMILES string of the molecule is CCCNC(c1cccc(C)c1)c1cncn1C. The fourth-order valence-corrected chi connectivity index (χ4v) is 2.18. The van der Waals surface area contributed by atoms with Gasteiger partial charge in [-0.3, -0.25) is 0 Å². The van der Waals surface area contributed by atoms with Crippen LogP contribution in [0.1, 0.15) is 36.2 Å². The van der Waals surface area contributed by atoms with Crippen LogP contribution in [-0.2, 0) is 7.05 Å². The minimum atomic E-state index is 0.220. The van der Waals surface area contributed by atoms with E-state index >= 15 is 0 Å². The van der Waals surface area contributed by atoms with E-state index in [9.17, 15) is 0 Å². The van der Waals surface area contributed by atoms with E-state index in [1.807, 2.05) is 19.6 Å². The van der Waals surface area contributed by atoms with Gasteiger partial charge in [-0.15, -0.1) is 0 Å². The van der Waals surface area contributed by atoms with Crippen molar-refractivity contribution in [3.63, 3.8) is 0 Å². The van der Waals surface area contributed by atoms with E-state index in [1.54, 1.807) is 0 Å².